The fraction of sp³-hybridized carbons (Fsp3) is 0.500. The summed E-state index contributed by atoms with van der Waals surface area (Å²) in [5, 5.41) is 6.02. The van der Waals surface area contributed by atoms with E-state index < -0.39 is 6.04 Å². The summed E-state index contributed by atoms with van der Waals surface area (Å²) in [5.41, 5.74) is 1.44. The molecule has 1 aromatic heterocycles. The average molecular weight is 531 g/mol. The number of halogens is 1. The quantitative estimate of drug-likeness (QED) is 0.488. The van der Waals surface area contributed by atoms with E-state index in [1.807, 2.05) is 24.3 Å². The van der Waals surface area contributed by atoms with E-state index in [9.17, 15) is 14.4 Å². The Morgan fingerprint density at radius 3 is 2.53 bits per heavy atom. The van der Waals surface area contributed by atoms with Gasteiger partial charge in [-0.15, -0.1) is 11.3 Å². The minimum absolute atomic E-state index is 0.0721. The molecule has 2 aromatic rings. The number of nitrogens with one attached hydrogen (secondary N) is 2. The zero-order valence-electron chi connectivity index (χ0n) is 20.1. The lowest BCUT2D eigenvalue weighted by atomic mass is 9.89. The van der Waals surface area contributed by atoms with E-state index in [4.69, 9.17) is 16.3 Å². The van der Waals surface area contributed by atoms with E-state index >= 15 is 0 Å². The first-order valence-electron chi connectivity index (χ1n) is 12.6. The van der Waals surface area contributed by atoms with E-state index in [2.05, 4.69) is 15.5 Å². The fourth-order valence-corrected chi connectivity index (χ4v) is 5.62. The molecule has 1 aromatic carbocycles. The molecule has 3 amide bonds. The largest absolute Gasteiger partial charge is 0.370 e. The summed E-state index contributed by atoms with van der Waals surface area (Å²) in [6.07, 6.45) is 5.71. The first-order valence-corrected chi connectivity index (χ1v) is 13.8. The number of hydrogen-bond donors (Lipinski definition) is 2. The molecular weight excluding hydrogens is 500 g/mol. The first kappa shape index (κ1) is 25.2. The second-order valence-corrected chi connectivity index (χ2v) is 11.4. The Labute approximate surface area is 219 Å². The van der Waals surface area contributed by atoms with Crippen LogP contribution in [0.25, 0.3) is 0 Å². The van der Waals surface area contributed by atoms with Crippen LogP contribution in [0.4, 0.5) is 11.4 Å². The summed E-state index contributed by atoms with van der Waals surface area (Å²) in [6, 6.07) is 10.6. The monoisotopic (exact) mass is 530 g/mol. The van der Waals surface area contributed by atoms with Gasteiger partial charge in [0.15, 0.2) is 0 Å². The molecule has 10 heteroatoms. The van der Waals surface area contributed by atoms with Crippen LogP contribution in [0.3, 0.4) is 0 Å². The molecule has 0 spiro atoms. The highest BCUT2D eigenvalue weighted by Crippen LogP contribution is 2.35. The van der Waals surface area contributed by atoms with Crippen LogP contribution < -0.4 is 15.5 Å². The van der Waals surface area contributed by atoms with Gasteiger partial charge in [-0.1, -0.05) is 18.0 Å². The average Bonchev–Trinajstić information content (AvgIpc) is 3.55. The Kier molecular flexibility index (Phi) is 7.90. The molecule has 2 saturated carbocycles. The third-order valence-corrected chi connectivity index (χ3v) is 8.33. The number of nitrogens with zero attached hydrogens (tertiary/aromatic N) is 2. The Morgan fingerprint density at radius 1 is 1.14 bits per heavy atom. The van der Waals surface area contributed by atoms with Gasteiger partial charge < -0.3 is 20.3 Å². The molecule has 192 valence electrons. The molecule has 1 atom stereocenters. The van der Waals surface area contributed by atoms with Crippen LogP contribution in [0, 0.1) is 5.92 Å². The molecule has 5 rings (SSSR count). The maximum absolute atomic E-state index is 13.6. The highest BCUT2D eigenvalue weighted by atomic mass is 35.5. The molecule has 1 aliphatic heterocycles. The number of rotatable bonds is 10. The molecule has 8 nitrogen and oxygen atoms in total. The number of benzene rings is 1. The SMILES string of the molecule is O=C(NC[C@H](C(=O)Nc1ccc(N2CCOCC2=O)cc1)N(CC1CC1)C1CCC1)c1ccc(Cl)s1. The van der Waals surface area contributed by atoms with Crippen LogP contribution in [0.2, 0.25) is 4.34 Å². The zero-order valence-corrected chi connectivity index (χ0v) is 21.7. The zero-order chi connectivity index (χ0) is 25.1. The van der Waals surface area contributed by atoms with Crippen molar-refractivity contribution in [3.8, 4) is 0 Å². The number of thiophene rings is 1. The van der Waals surface area contributed by atoms with Crippen molar-refractivity contribution in [2.45, 2.75) is 44.2 Å². The number of anilines is 2. The molecule has 2 aliphatic carbocycles. The Morgan fingerprint density at radius 2 is 1.92 bits per heavy atom. The Balaban J connectivity index is 1.29. The van der Waals surface area contributed by atoms with E-state index in [0.717, 1.165) is 25.1 Å². The van der Waals surface area contributed by atoms with Gasteiger partial charge in [0.25, 0.3) is 11.8 Å². The molecule has 0 bridgehead atoms. The van der Waals surface area contributed by atoms with Gasteiger partial charge in [-0.2, -0.15) is 0 Å². The van der Waals surface area contributed by atoms with Gasteiger partial charge in [0, 0.05) is 37.1 Å². The molecule has 0 unspecified atom stereocenters. The molecule has 2 heterocycles. The predicted molar refractivity (Wildman–Crippen MR) is 141 cm³/mol. The van der Waals surface area contributed by atoms with Crippen LogP contribution in [0.15, 0.2) is 36.4 Å². The summed E-state index contributed by atoms with van der Waals surface area (Å²) in [6.45, 7) is 2.21. The van der Waals surface area contributed by atoms with E-state index in [1.165, 1.54) is 30.6 Å². The van der Waals surface area contributed by atoms with Gasteiger partial charge in [0.2, 0.25) is 5.91 Å². The lowest BCUT2D eigenvalue weighted by Crippen LogP contribution is -2.56. The number of carbonyl (C=O) groups is 3. The number of amides is 3. The van der Waals surface area contributed by atoms with Crippen LogP contribution in [0.1, 0.15) is 41.8 Å². The normalized spacial score (nSPS) is 19.2. The Hall–Kier alpha value is -2.46. The van der Waals surface area contributed by atoms with Gasteiger partial charge in [-0.05, 0) is 68.0 Å². The van der Waals surface area contributed by atoms with Crippen molar-refractivity contribution in [1.29, 1.82) is 0 Å². The van der Waals surface area contributed by atoms with Crippen molar-refractivity contribution < 1.29 is 19.1 Å². The van der Waals surface area contributed by atoms with Crippen molar-refractivity contribution >= 4 is 52.0 Å². The van der Waals surface area contributed by atoms with Crippen LogP contribution in [-0.2, 0) is 14.3 Å². The summed E-state index contributed by atoms with van der Waals surface area (Å²) < 4.78 is 5.76. The van der Waals surface area contributed by atoms with Gasteiger partial charge in [0.05, 0.1) is 15.8 Å². The highest BCUT2D eigenvalue weighted by molar-refractivity contribution is 7.18. The second kappa shape index (κ2) is 11.3. The Bertz CT molecular complexity index is 1100. The van der Waals surface area contributed by atoms with Crippen molar-refractivity contribution in [2.24, 2.45) is 5.92 Å². The summed E-state index contributed by atoms with van der Waals surface area (Å²) >= 11 is 7.22. The highest BCUT2D eigenvalue weighted by Gasteiger charge is 2.38. The first-order chi connectivity index (χ1) is 17.5. The predicted octanol–water partition coefficient (Wildman–Crippen LogP) is 3.77. The van der Waals surface area contributed by atoms with Crippen LogP contribution >= 0.6 is 22.9 Å². The van der Waals surface area contributed by atoms with Gasteiger partial charge in [-0.3, -0.25) is 19.3 Å². The molecule has 0 radical (unpaired) electrons. The lowest BCUT2D eigenvalue weighted by Gasteiger charge is -2.42. The van der Waals surface area contributed by atoms with Crippen LogP contribution in [0.5, 0.6) is 0 Å². The van der Waals surface area contributed by atoms with E-state index in [1.54, 1.807) is 17.0 Å². The fourth-order valence-electron chi connectivity index (χ4n) is 4.66. The summed E-state index contributed by atoms with van der Waals surface area (Å²) in [4.78, 5) is 43.0. The molecular formula is C26H31ClN4O4S. The molecule has 36 heavy (non-hydrogen) atoms. The van der Waals surface area contributed by atoms with Gasteiger partial charge in [0.1, 0.15) is 12.6 Å². The third-order valence-electron chi connectivity index (χ3n) is 7.10. The number of hydrogen-bond acceptors (Lipinski definition) is 6. The number of carbonyl (C=O) groups excluding carboxylic acids is 3. The molecule has 1 saturated heterocycles. The van der Waals surface area contributed by atoms with Crippen molar-refractivity contribution in [1.82, 2.24) is 10.2 Å². The number of morpholine rings is 1. The second-order valence-electron chi connectivity index (χ2n) is 9.69. The third kappa shape index (κ3) is 6.08. The van der Waals surface area contributed by atoms with Crippen molar-refractivity contribution in [3.05, 3.63) is 45.6 Å². The van der Waals surface area contributed by atoms with E-state index in [-0.39, 0.29) is 30.9 Å². The van der Waals surface area contributed by atoms with Crippen molar-refractivity contribution in [3.63, 3.8) is 0 Å². The maximum Gasteiger partial charge on any atom is 0.261 e. The van der Waals surface area contributed by atoms with Crippen LogP contribution in [-0.4, -0.2) is 67.6 Å². The number of ether oxygens (including phenoxy) is 1. The smallest absolute Gasteiger partial charge is 0.261 e. The lowest BCUT2D eigenvalue weighted by molar-refractivity contribution is -0.125. The van der Waals surface area contributed by atoms with Crippen molar-refractivity contribution in [2.75, 3.05) is 43.1 Å². The van der Waals surface area contributed by atoms with E-state index in [0.29, 0.717) is 40.0 Å². The van der Waals surface area contributed by atoms with Gasteiger partial charge in [-0.25, -0.2) is 0 Å². The molecule has 3 fully saturated rings. The van der Waals surface area contributed by atoms with Gasteiger partial charge >= 0.3 is 0 Å². The topological polar surface area (TPSA) is 91.0 Å². The summed E-state index contributed by atoms with van der Waals surface area (Å²) in [7, 11) is 0. The standard InChI is InChI=1S/C26H31ClN4O4S/c27-23-11-10-22(36-23)26(34)28-14-21(31(15-17-4-5-17)19-2-1-3-19)25(33)29-18-6-8-20(9-7-18)30-12-13-35-16-24(30)32/h6-11,17,19,21H,1-5,12-16H2,(H,28,34)(H,29,33)/t21-/m1/s1. The molecule has 2 N–H and O–H groups in total. The maximum atomic E-state index is 13.6. The summed E-state index contributed by atoms with van der Waals surface area (Å²) in [5.74, 6) is 0.196. The minimum atomic E-state index is -0.476. The molecule has 3 aliphatic rings. The minimum Gasteiger partial charge on any atom is -0.370 e.